The molecule has 19 heavy (non-hydrogen) atoms. The van der Waals surface area contributed by atoms with Crippen LogP contribution in [0.3, 0.4) is 0 Å². The standard InChI is InChI=1S/C9H12ClN3O6/c10-3-1-13(9(17)11-7(3)12-18)8-6(16)5(15)4(2-14)19-8/h1,4-6,8,14-16,18H,2H2,(H,11,12,17)/t4-,5?,6?,8-/m1/s1. The number of hydrogen-bond donors (Lipinski definition) is 5. The number of rotatable bonds is 3. The second-order valence-corrected chi connectivity index (χ2v) is 4.38. The molecule has 4 atom stereocenters. The first-order valence-electron chi connectivity index (χ1n) is 5.30. The van der Waals surface area contributed by atoms with E-state index in [1.807, 2.05) is 0 Å². The molecule has 1 aromatic rings. The lowest BCUT2D eigenvalue weighted by atomic mass is 10.1. The Morgan fingerprint density at radius 1 is 1.47 bits per heavy atom. The van der Waals surface area contributed by atoms with E-state index in [0.29, 0.717) is 0 Å². The summed E-state index contributed by atoms with van der Waals surface area (Å²) in [6.07, 6.45) is -3.90. The number of anilines is 1. The Labute approximate surface area is 111 Å². The van der Waals surface area contributed by atoms with Crippen molar-refractivity contribution in [2.45, 2.75) is 24.5 Å². The van der Waals surface area contributed by atoms with E-state index in [1.54, 1.807) is 5.48 Å². The van der Waals surface area contributed by atoms with Gasteiger partial charge in [0, 0.05) is 6.20 Å². The van der Waals surface area contributed by atoms with Crippen LogP contribution in [-0.4, -0.2) is 55.0 Å². The molecule has 0 spiro atoms. The summed E-state index contributed by atoms with van der Waals surface area (Å²) in [5.41, 5.74) is 0.794. The van der Waals surface area contributed by atoms with E-state index in [0.717, 1.165) is 10.8 Å². The summed E-state index contributed by atoms with van der Waals surface area (Å²) in [6.45, 7) is -0.513. The molecular formula is C9H12ClN3O6. The third kappa shape index (κ3) is 2.43. The SMILES string of the molecule is O=c1nc(NO)c(Cl)cn1[C@@H]1O[C@H](CO)C(O)C1O. The first-order valence-corrected chi connectivity index (χ1v) is 5.68. The Morgan fingerprint density at radius 2 is 2.16 bits per heavy atom. The van der Waals surface area contributed by atoms with Crippen LogP contribution in [0.5, 0.6) is 0 Å². The van der Waals surface area contributed by atoms with Gasteiger partial charge >= 0.3 is 5.69 Å². The van der Waals surface area contributed by atoms with Crippen LogP contribution >= 0.6 is 11.6 Å². The highest BCUT2D eigenvalue weighted by Crippen LogP contribution is 2.29. The lowest BCUT2D eigenvalue weighted by molar-refractivity contribution is -0.0549. The van der Waals surface area contributed by atoms with Gasteiger partial charge in [0.2, 0.25) is 0 Å². The normalized spacial score (nSPS) is 30.6. The van der Waals surface area contributed by atoms with Crippen molar-refractivity contribution in [3.05, 3.63) is 21.7 Å². The van der Waals surface area contributed by atoms with Crippen molar-refractivity contribution in [1.29, 1.82) is 0 Å². The van der Waals surface area contributed by atoms with Crippen LogP contribution in [0.4, 0.5) is 5.82 Å². The van der Waals surface area contributed by atoms with Gasteiger partial charge < -0.3 is 20.1 Å². The van der Waals surface area contributed by atoms with Gasteiger partial charge in [0.05, 0.1) is 6.61 Å². The molecule has 0 radical (unpaired) electrons. The molecule has 10 heteroatoms. The molecule has 1 aliphatic heterocycles. The molecule has 2 heterocycles. The van der Waals surface area contributed by atoms with Crippen molar-refractivity contribution in [2.75, 3.05) is 12.1 Å². The molecule has 5 N–H and O–H groups in total. The lowest BCUT2D eigenvalue weighted by Gasteiger charge is -2.17. The molecule has 2 rings (SSSR count). The number of aliphatic hydroxyl groups excluding tert-OH is 3. The van der Waals surface area contributed by atoms with Gasteiger partial charge in [-0.05, 0) is 0 Å². The van der Waals surface area contributed by atoms with Crippen LogP contribution in [-0.2, 0) is 4.74 Å². The first kappa shape index (κ1) is 14.2. The highest BCUT2D eigenvalue weighted by atomic mass is 35.5. The average Bonchev–Trinajstić information content (AvgIpc) is 2.68. The Kier molecular flexibility index (Phi) is 4.04. The Morgan fingerprint density at radius 3 is 2.68 bits per heavy atom. The van der Waals surface area contributed by atoms with Crippen LogP contribution in [0.2, 0.25) is 5.02 Å². The monoisotopic (exact) mass is 293 g/mol. The fraction of sp³-hybridized carbons (Fsp3) is 0.556. The van der Waals surface area contributed by atoms with Crippen molar-refractivity contribution < 1.29 is 25.3 Å². The van der Waals surface area contributed by atoms with Gasteiger partial charge in [-0.3, -0.25) is 15.3 Å². The number of hydrogen-bond acceptors (Lipinski definition) is 8. The molecule has 1 aliphatic rings. The minimum absolute atomic E-state index is 0.0835. The van der Waals surface area contributed by atoms with Crippen molar-refractivity contribution in [2.24, 2.45) is 0 Å². The fourth-order valence-corrected chi connectivity index (χ4v) is 2.01. The fourth-order valence-electron chi connectivity index (χ4n) is 1.82. The summed E-state index contributed by atoms with van der Waals surface area (Å²) in [6, 6.07) is 0. The van der Waals surface area contributed by atoms with Crippen molar-refractivity contribution >= 4 is 17.4 Å². The Bertz CT molecular complexity index is 523. The molecule has 0 aromatic carbocycles. The molecule has 0 aliphatic carbocycles. The van der Waals surface area contributed by atoms with E-state index in [2.05, 4.69) is 4.98 Å². The van der Waals surface area contributed by atoms with Crippen molar-refractivity contribution in [1.82, 2.24) is 9.55 Å². The number of nitrogens with one attached hydrogen (secondary N) is 1. The molecule has 9 nitrogen and oxygen atoms in total. The number of aromatic nitrogens is 2. The lowest BCUT2D eigenvalue weighted by Crippen LogP contribution is -2.36. The largest absolute Gasteiger partial charge is 0.394 e. The van der Waals surface area contributed by atoms with Crippen LogP contribution in [0.15, 0.2) is 11.0 Å². The zero-order chi connectivity index (χ0) is 14.2. The zero-order valence-corrected chi connectivity index (χ0v) is 10.2. The number of halogens is 1. The predicted octanol–water partition coefficient (Wildman–Crippen LogP) is -1.69. The van der Waals surface area contributed by atoms with E-state index in [-0.39, 0.29) is 10.8 Å². The van der Waals surface area contributed by atoms with Crippen LogP contribution in [0.1, 0.15) is 6.23 Å². The zero-order valence-electron chi connectivity index (χ0n) is 9.47. The van der Waals surface area contributed by atoms with Crippen molar-refractivity contribution in [3.63, 3.8) is 0 Å². The summed E-state index contributed by atoms with van der Waals surface area (Å²) in [7, 11) is 0. The third-order valence-electron chi connectivity index (χ3n) is 2.80. The van der Waals surface area contributed by atoms with Crippen LogP contribution < -0.4 is 11.2 Å². The smallest absolute Gasteiger partial charge is 0.351 e. The van der Waals surface area contributed by atoms with Gasteiger partial charge in [-0.15, -0.1) is 0 Å². The Balaban J connectivity index is 2.38. The van der Waals surface area contributed by atoms with Gasteiger partial charge in [-0.25, -0.2) is 4.79 Å². The van der Waals surface area contributed by atoms with E-state index in [4.69, 9.17) is 26.7 Å². The second-order valence-electron chi connectivity index (χ2n) is 3.97. The molecule has 1 saturated heterocycles. The van der Waals surface area contributed by atoms with Gasteiger partial charge in [0.15, 0.2) is 12.0 Å². The highest BCUT2D eigenvalue weighted by Gasteiger charge is 2.43. The molecule has 0 bridgehead atoms. The molecule has 1 fully saturated rings. The maximum Gasteiger partial charge on any atom is 0.351 e. The topological polar surface area (TPSA) is 137 Å². The molecular weight excluding hydrogens is 282 g/mol. The number of nitrogens with zero attached hydrogens (tertiary/aromatic N) is 2. The highest BCUT2D eigenvalue weighted by molar-refractivity contribution is 6.32. The molecule has 1 aromatic heterocycles. The first-order chi connectivity index (χ1) is 8.99. The third-order valence-corrected chi connectivity index (χ3v) is 3.08. The van der Waals surface area contributed by atoms with Gasteiger partial charge in [-0.1, -0.05) is 11.6 Å². The van der Waals surface area contributed by atoms with E-state index >= 15 is 0 Å². The van der Waals surface area contributed by atoms with Crippen LogP contribution in [0.25, 0.3) is 0 Å². The van der Waals surface area contributed by atoms with E-state index in [9.17, 15) is 15.0 Å². The Hall–Kier alpha value is -1.23. The summed E-state index contributed by atoms with van der Waals surface area (Å²) in [5.74, 6) is -0.241. The van der Waals surface area contributed by atoms with E-state index in [1.165, 1.54) is 0 Å². The van der Waals surface area contributed by atoms with Gasteiger partial charge in [-0.2, -0.15) is 4.98 Å². The number of aliphatic hydroxyl groups is 3. The second kappa shape index (κ2) is 5.41. The predicted molar refractivity (Wildman–Crippen MR) is 61.9 cm³/mol. The molecule has 2 unspecified atom stereocenters. The van der Waals surface area contributed by atoms with Crippen molar-refractivity contribution in [3.8, 4) is 0 Å². The van der Waals surface area contributed by atoms with Gasteiger partial charge in [0.1, 0.15) is 23.3 Å². The minimum atomic E-state index is -1.42. The summed E-state index contributed by atoms with van der Waals surface area (Å²) >= 11 is 5.74. The molecule has 0 saturated carbocycles. The maximum absolute atomic E-state index is 11.7. The van der Waals surface area contributed by atoms with Crippen LogP contribution in [0, 0.1) is 0 Å². The summed E-state index contributed by atoms with van der Waals surface area (Å²) in [4.78, 5) is 15.1. The summed E-state index contributed by atoms with van der Waals surface area (Å²) < 4.78 is 6.03. The number of ether oxygens (including phenoxy) is 1. The average molecular weight is 294 g/mol. The minimum Gasteiger partial charge on any atom is -0.394 e. The van der Waals surface area contributed by atoms with E-state index < -0.39 is 36.8 Å². The summed E-state index contributed by atoms with van der Waals surface area (Å²) in [5, 5.41) is 36.9. The van der Waals surface area contributed by atoms with Gasteiger partial charge in [0.25, 0.3) is 0 Å². The molecule has 106 valence electrons. The quantitative estimate of drug-likeness (QED) is 0.416. The molecule has 0 amide bonds. The maximum atomic E-state index is 11.7.